The second kappa shape index (κ2) is 10.2. The normalized spacial score (nSPS) is 13.1. The quantitative estimate of drug-likeness (QED) is 0.252. The number of nitro benzene ring substituents is 1. The lowest BCUT2D eigenvalue weighted by atomic mass is 10.1. The number of amides is 1. The molecular formula is C23H21ClN4O5S. The van der Waals surface area contributed by atoms with E-state index in [1.54, 1.807) is 36.4 Å². The molecule has 0 radical (unpaired) electrons. The molecule has 0 aliphatic carbocycles. The van der Waals surface area contributed by atoms with E-state index in [9.17, 15) is 14.9 Å². The van der Waals surface area contributed by atoms with Crippen molar-refractivity contribution in [3.8, 4) is 11.3 Å². The minimum atomic E-state index is -0.544. The van der Waals surface area contributed by atoms with E-state index in [4.69, 9.17) is 33.3 Å². The number of aliphatic hydroxyl groups is 1. The average molecular weight is 501 g/mol. The second-order valence-corrected chi connectivity index (χ2v) is 8.50. The Morgan fingerprint density at radius 1 is 1.18 bits per heavy atom. The predicted octanol–water partition coefficient (Wildman–Crippen LogP) is 4.73. The maximum atomic E-state index is 13.0. The van der Waals surface area contributed by atoms with E-state index >= 15 is 0 Å². The molecule has 9 nitrogen and oxygen atoms in total. The zero-order chi connectivity index (χ0) is 24.2. The zero-order valence-electron chi connectivity index (χ0n) is 17.9. The zero-order valence-corrected chi connectivity index (χ0v) is 19.5. The fraction of sp³-hybridized carbons (Fsp3) is 0.217. The number of rotatable bonds is 6. The number of hydrogen-bond donors (Lipinski definition) is 3. The third-order valence-electron chi connectivity index (χ3n) is 5.42. The molecular weight excluding hydrogens is 480 g/mol. The Morgan fingerprint density at radius 3 is 2.59 bits per heavy atom. The van der Waals surface area contributed by atoms with Crippen molar-refractivity contribution in [2.75, 3.05) is 23.3 Å². The summed E-state index contributed by atoms with van der Waals surface area (Å²) in [6.07, 6.45) is 1.99. The lowest BCUT2D eigenvalue weighted by Gasteiger charge is -2.21. The first-order valence-corrected chi connectivity index (χ1v) is 11.3. The van der Waals surface area contributed by atoms with Gasteiger partial charge in [0, 0.05) is 36.5 Å². The molecule has 0 spiro atoms. The third-order valence-corrected chi connectivity index (χ3v) is 5.94. The number of anilines is 2. The molecule has 34 heavy (non-hydrogen) atoms. The van der Waals surface area contributed by atoms with Gasteiger partial charge in [0.05, 0.1) is 21.2 Å². The molecule has 0 atom stereocenters. The Morgan fingerprint density at radius 2 is 1.94 bits per heavy atom. The molecule has 176 valence electrons. The van der Waals surface area contributed by atoms with Crippen molar-refractivity contribution in [3.05, 3.63) is 75.0 Å². The number of carbonyl (C=O) groups excluding carboxylic acids is 1. The van der Waals surface area contributed by atoms with Gasteiger partial charge in [-0.3, -0.25) is 20.2 Å². The van der Waals surface area contributed by atoms with Crippen LogP contribution in [-0.2, 0) is 6.61 Å². The van der Waals surface area contributed by atoms with Crippen LogP contribution in [-0.4, -0.2) is 34.1 Å². The van der Waals surface area contributed by atoms with Gasteiger partial charge >= 0.3 is 0 Å². The van der Waals surface area contributed by atoms with Gasteiger partial charge in [-0.2, -0.15) is 0 Å². The highest BCUT2D eigenvalue weighted by Crippen LogP contribution is 2.32. The standard InChI is InChI=1S/C23H21ClN4O5S/c24-19-11-14(3-6-17(19)21-8-5-16(13-29)33-21)25-23(34)26-22(30)18-12-15(28(31)32)4-7-20(18)27-9-1-2-10-27/h3-8,11-12,29H,1-2,9-10,13H2,(H2,25,26,30,34). The molecule has 3 N–H and O–H groups in total. The van der Waals surface area contributed by atoms with Crippen LogP contribution >= 0.6 is 23.8 Å². The predicted molar refractivity (Wildman–Crippen MR) is 133 cm³/mol. The van der Waals surface area contributed by atoms with Crippen LogP contribution in [0.1, 0.15) is 29.0 Å². The van der Waals surface area contributed by atoms with Crippen molar-refractivity contribution in [2.45, 2.75) is 19.4 Å². The molecule has 0 unspecified atom stereocenters. The maximum absolute atomic E-state index is 13.0. The first-order chi connectivity index (χ1) is 16.4. The van der Waals surface area contributed by atoms with E-state index in [1.807, 2.05) is 4.90 Å². The summed E-state index contributed by atoms with van der Waals surface area (Å²) in [7, 11) is 0. The molecule has 4 rings (SSSR count). The number of thiocarbonyl (C=S) groups is 1. The summed E-state index contributed by atoms with van der Waals surface area (Å²) < 4.78 is 5.51. The van der Waals surface area contributed by atoms with Crippen molar-refractivity contribution in [2.24, 2.45) is 0 Å². The SMILES string of the molecule is O=C(NC(=S)Nc1ccc(-c2ccc(CO)o2)c(Cl)c1)c1cc([N+](=O)[O-])ccc1N1CCCC1. The van der Waals surface area contributed by atoms with E-state index < -0.39 is 10.8 Å². The van der Waals surface area contributed by atoms with Crippen LogP contribution < -0.4 is 15.5 Å². The van der Waals surface area contributed by atoms with Crippen molar-refractivity contribution >= 4 is 51.9 Å². The Bertz CT molecular complexity index is 1260. The highest BCUT2D eigenvalue weighted by atomic mass is 35.5. The largest absolute Gasteiger partial charge is 0.459 e. The fourth-order valence-corrected chi connectivity index (χ4v) is 4.27. The monoisotopic (exact) mass is 500 g/mol. The van der Waals surface area contributed by atoms with E-state index in [0.29, 0.717) is 33.5 Å². The molecule has 0 saturated carbocycles. The van der Waals surface area contributed by atoms with Gasteiger partial charge < -0.3 is 19.7 Å². The van der Waals surface area contributed by atoms with Crippen LogP contribution in [0.4, 0.5) is 17.1 Å². The highest BCUT2D eigenvalue weighted by Gasteiger charge is 2.23. The van der Waals surface area contributed by atoms with Crippen LogP contribution in [0.3, 0.4) is 0 Å². The first-order valence-electron chi connectivity index (χ1n) is 10.5. The lowest BCUT2D eigenvalue weighted by Crippen LogP contribution is -2.35. The van der Waals surface area contributed by atoms with Gasteiger partial charge in [0.15, 0.2) is 5.11 Å². The average Bonchev–Trinajstić information content (AvgIpc) is 3.51. The van der Waals surface area contributed by atoms with E-state index in [2.05, 4.69) is 10.6 Å². The number of non-ortho nitro benzene ring substituents is 1. The van der Waals surface area contributed by atoms with E-state index in [0.717, 1.165) is 25.9 Å². The molecule has 1 amide bonds. The number of aliphatic hydroxyl groups excluding tert-OH is 1. The molecule has 1 aromatic heterocycles. The van der Waals surface area contributed by atoms with Crippen LogP contribution in [0, 0.1) is 10.1 Å². The molecule has 11 heteroatoms. The van der Waals surface area contributed by atoms with Crippen LogP contribution in [0.25, 0.3) is 11.3 Å². The summed E-state index contributed by atoms with van der Waals surface area (Å²) in [5.41, 5.74) is 1.82. The third kappa shape index (κ3) is 5.19. The highest BCUT2D eigenvalue weighted by molar-refractivity contribution is 7.80. The number of carbonyl (C=O) groups is 1. The fourth-order valence-electron chi connectivity index (χ4n) is 3.79. The summed E-state index contributed by atoms with van der Waals surface area (Å²) in [5.74, 6) is 0.390. The molecule has 1 aliphatic rings. The van der Waals surface area contributed by atoms with Gasteiger partial charge in [-0.05, 0) is 61.5 Å². The Balaban J connectivity index is 1.49. The molecule has 2 heterocycles. The number of nitrogens with zero attached hydrogens (tertiary/aromatic N) is 2. The molecule has 0 bridgehead atoms. The van der Waals surface area contributed by atoms with Crippen molar-refractivity contribution in [1.82, 2.24) is 5.32 Å². The van der Waals surface area contributed by atoms with Crippen LogP contribution in [0.2, 0.25) is 5.02 Å². The summed E-state index contributed by atoms with van der Waals surface area (Å²) in [6, 6.07) is 12.7. The first kappa shape index (κ1) is 23.7. The minimum Gasteiger partial charge on any atom is -0.459 e. The van der Waals surface area contributed by atoms with Gasteiger partial charge in [0.1, 0.15) is 18.1 Å². The molecule has 1 saturated heterocycles. The second-order valence-electron chi connectivity index (χ2n) is 7.68. The number of halogens is 1. The smallest absolute Gasteiger partial charge is 0.270 e. The minimum absolute atomic E-state index is 0.0215. The van der Waals surface area contributed by atoms with Crippen LogP contribution in [0.15, 0.2) is 52.9 Å². The molecule has 2 aromatic carbocycles. The summed E-state index contributed by atoms with van der Waals surface area (Å²) in [6.45, 7) is 1.34. The van der Waals surface area contributed by atoms with Gasteiger partial charge in [-0.1, -0.05) is 11.6 Å². The molecule has 1 aliphatic heterocycles. The summed E-state index contributed by atoms with van der Waals surface area (Å²) >= 11 is 11.7. The summed E-state index contributed by atoms with van der Waals surface area (Å²) in [4.78, 5) is 25.7. The van der Waals surface area contributed by atoms with Crippen molar-refractivity contribution in [1.29, 1.82) is 0 Å². The summed E-state index contributed by atoms with van der Waals surface area (Å²) in [5, 5.41) is 26.3. The number of furan rings is 1. The Labute approximate surface area is 205 Å². The number of hydrogen-bond acceptors (Lipinski definition) is 7. The maximum Gasteiger partial charge on any atom is 0.270 e. The van der Waals surface area contributed by atoms with Gasteiger partial charge in [-0.25, -0.2) is 0 Å². The van der Waals surface area contributed by atoms with Crippen molar-refractivity contribution in [3.63, 3.8) is 0 Å². The van der Waals surface area contributed by atoms with Gasteiger partial charge in [-0.15, -0.1) is 0 Å². The number of nitro groups is 1. The number of benzene rings is 2. The van der Waals surface area contributed by atoms with Crippen LogP contribution in [0.5, 0.6) is 0 Å². The lowest BCUT2D eigenvalue weighted by molar-refractivity contribution is -0.384. The van der Waals surface area contributed by atoms with E-state index in [-0.39, 0.29) is 23.0 Å². The molecule has 3 aromatic rings. The van der Waals surface area contributed by atoms with Gasteiger partial charge in [0.2, 0.25) is 0 Å². The Hall–Kier alpha value is -3.47. The van der Waals surface area contributed by atoms with Gasteiger partial charge in [0.25, 0.3) is 11.6 Å². The number of nitrogens with one attached hydrogen (secondary N) is 2. The van der Waals surface area contributed by atoms with Crippen molar-refractivity contribution < 1.29 is 19.2 Å². The Kier molecular flexibility index (Phi) is 7.11. The van der Waals surface area contributed by atoms with E-state index in [1.165, 1.54) is 12.1 Å². The topological polar surface area (TPSA) is 121 Å². The molecule has 1 fully saturated rings.